The first-order valence-corrected chi connectivity index (χ1v) is 6.29. The van der Waals surface area contributed by atoms with Crippen LogP contribution < -0.4 is 0 Å². The Morgan fingerprint density at radius 1 is 1.19 bits per heavy atom. The Kier molecular flexibility index (Phi) is 8.60. The van der Waals surface area contributed by atoms with Crippen molar-refractivity contribution < 1.29 is 38.6 Å². The molecule has 0 aliphatic carbocycles. The highest BCUT2D eigenvalue weighted by atomic mass is 17.5. The van der Waals surface area contributed by atoms with Crippen LogP contribution in [0.4, 0.5) is 4.79 Å². The minimum absolute atomic E-state index is 0.0120. The lowest BCUT2D eigenvalue weighted by Crippen LogP contribution is -2.24. The monoisotopic (exact) mass is 306 g/mol. The maximum atomic E-state index is 11.1. The van der Waals surface area contributed by atoms with Crippen LogP contribution in [0.3, 0.4) is 0 Å². The van der Waals surface area contributed by atoms with Gasteiger partial charge in [0.05, 0.1) is 12.2 Å². The van der Waals surface area contributed by atoms with Gasteiger partial charge < -0.3 is 14.2 Å². The molecule has 0 rings (SSSR count). The van der Waals surface area contributed by atoms with Crippen molar-refractivity contribution in [1.82, 2.24) is 0 Å². The standard InChI is InChI=1S/C13H22O8/c1-9(2)11(14)17-8-7-16-10(3)18-12(15)19-21-20-13(4,5)6/h10H,1,7-8H2,2-6H3. The molecule has 0 bridgehead atoms. The van der Waals surface area contributed by atoms with Gasteiger partial charge in [-0.05, 0) is 39.7 Å². The summed E-state index contributed by atoms with van der Waals surface area (Å²) in [5, 5.41) is 4.24. The number of carbonyl (C=O) groups excluding carboxylic acids is 2. The fraction of sp³-hybridized carbons (Fsp3) is 0.692. The van der Waals surface area contributed by atoms with Crippen LogP contribution >= 0.6 is 0 Å². The molecule has 21 heavy (non-hydrogen) atoms. The lowest BCUT2D eigenvalue weighted by molar-refractivity contribution is -0.515. The Morgan fingerprint density at radius 2 is 1.81 bits per heavy atom. The van der Waals surface area contributed by atoms with Crippen molar-refractivity contribution in [2.45, 2.75) is 46.5 Å². The second-order valence-electron chi connectivity index (χ2n) is 5.07. The van der Waals surface area contributed by atoms with Crippen molar-refractivity contribution in [3.05, 3.63) is 12.2 Å². The molecule has 0 saturated carbocycles. The number of hydrogen-bond donors (Lipinski definition) is 0. The fourth-order valence-corrected chi connectivity index (χ4v) is 0.808. The normalized spacial score (nSPS) is 12.4. The van der Waals surface area contributed by atoms with Crippen molar-refractivity contribution in [2.24, 2.45) is 0 Å². The molecule has 0 fully saturated rings. The summed E-state index contributed by atoms with van der Waals surface area (Å²) in [4.78, 5) is 31.1. The molecule has 0 aromatic rings. The van der Waals surface area contributed by atoms with E-state index >= 15 is 0 Å². The minimum Gasteiger partial charge on any atom is -0.460 e. The van der Waals surface area contributed by atoms with Gasteiger partial charge in [0.15, 0.2) is 0 Å². The third-order valence-corrected chi connectivity index (χ3v) is 1.67. The van der Waals surface area contributed by atoms with Crippen LogP contribution in [0.15, 0.2) is 12.2 Å². The maximum Gasteiger partial charge on any atom is 0.544 e. The zero-order valence-corrected chi connectivity index (χ0v) is 13.0. The van der Waals surface area contributed by atoms with E-state index in [1.54, 1.807) is 20.8 Å². The first kappa shape index (κ1) is 19.4. The van der Waals surface area contributed by atoms with Gasteiger partial charge in [0.1, 0.15) is 6.61 Å². The fourth-order valence-electron chi connectivity index (χ4n) is 0.808. The summed E-state index contributed by atoms with van der Waals surface area (Å²) in [5.41, 5.74) is -0.339. The van der Waals surface area contributed by atoms with Crippen LogP contribution in [0.1, 0.15) is 34.6 Å². The van der Waals surface area contributed by atoms with Crippen LogP contribution in [0, 0.1) is 0 Å². The summed E-state index contributed by atoms with van der Waals surface area (Å²) in [6.07, 6.45) is -2.02. The molecule has 0 spiro atoms. The molecule has 0 radical (unpaired) electrons. The van der Waals surface area contributed by atoms with E-state index in [2.05, 4.69) is 21.2 Å². The quantitative estimate of drug-likeness (QED) is 0.168. The van der Waals surface area contributed by atoms with Gasteiger partial charge in [-0.15, -0.1) is 0 Å². The molecule has 8 nitrogen and oxygen atoms in total. The zero-order valence-electron chi connectivity index (χ0n) is 13.0. The first-order valence-electron chi connectivity index (χ1n) is 6.29. The predicted molar refractivity (Wildman–Crippen MR) is 70.7 cm³/mol. The van der Waals surface area contributed by atoms with Gasteiger partial charge in [-0.2, -0.15) is 4.89 Å². The van der Waals surface area contributed by atoms with E-state index in [4.69, 9.17) is 14.4 Å². The van der Waals surface area contributed by atoms with Crippen LogP contribution in [-0.4, -0.2) is 37.2 Å². The predicted octanol–water partition coefficient (Wildman–Crippen LogP) is 2.28. The highest BCUT2D eigenvalue weighted by molar-refractivity contribution is 5.86. The molecule has 0 heterocycles. The van der Waals surface area contributed by atoms with E-state index in [9.17, 15) is 9.59 Å². The Labute approximate surface area is 123 Å². The number of ether oxygens (including phenoxy) is 3. The van der Waals surface area contributed by atoms with Crippen molar-refractivity contribution in [2.75, 3.05) is 13.2 Å². The van der Waals surface area contributed by atoms with E-state index in [1.165, 1.54) is 13.8 Å². The highest BCUT2D eigenvalue weighted by Gasteiger charge is 2.16. The Morgan fingerprint density at radius 3 is 2.33 bits per heavy atom. The molecule has 1 atom stereocenters. The smallest absolute Gasteiger partial charge is 0.460 e. The third-order valence-electron chi connectivity index (χ3n) is 1.67. The molecule has 1 unspecified atom stereocenters. The second kappa shape index (κ2) is 9.32. The molecule has 8 heteroatoms. The van der Waals surface area contributed by atoms with Crippen LogP contribution in [0.2, 0.25) is 0 Å². The second-order valence-corrected chi connectivity index (χ2v) is 5.07. The summed E-state index contributed by atoms with van der Waals surface area (Å²) < 4.78 is 14.5. The topological polar surface area (TPSA) is 89.5 Å². The number of esters is 1. The van der Waals surface area contributed by atoms with Crippen molar-refractivity contribution in [3.63, 3.8) is 0 Å². The number of rotatable bonds is 8. The summed E-state index contributed by atoms with van der Waals surface area (Å²) in [6, 6.07) is 0. The van der Waals surface area contributed by atoms with Gasteiger partial charge in [-0.1, -0.05) is 6.58 Å². The SMILES string of the molecule is C=C(C)C(=O)OCCOC(C)OC(=O)OOOC(C)(C)C. The van der Waals surface area contributed by atoms with E-state index in [-0.39, 0.29) is 13.2 Å². The maximum absolute atomic E-state index is 11.1. The largest absolute Gasteiger partial charge is 0.544 e. The van der Waals surface area contributed by atoms with E-state index < -0.39 is 24.0 Å². The van der Waals surface area contributed by atoms with Gasteiger partial charge in [0, 0.05) is 5.57 Å². The third kappa shape index (κ3) is 11.9. The van der Waals surface area contributed by atoms with Crippen LogP contribution in [-0.2, 0) is 33.8 Å². The summed E-state index contributed by atoms with van der Waals surface area (Å²) >= 11 is 0. The summed E-state index contributed by atoms with van der Waals surface area (Å²) in [5.74, 6) is -0.515. The first-order chi connectivity index (χ1) is 9.61. The number of carbonyl (C=O) groups is 2. The minimum atomic E-state index is -1.12. The summed E-state index contributed by atoms with van der Waals surface area (Å²) in [6.45, 7) is 11.6. The molecule has 0 saturated heterocycles. The van der Waals surface area contributed by atoms with Gasteiger partial charge in [-0.25, -0.2) is 14.5 Å². The van der Waals surface area contributed by atoms with Gasteiger partial charge in [-0.3, -0.25) is 0 Å². The van der Waals surface area contributed by atoms with Gasteiger partial charge in [0.25, 0.3) is 0 Å². The molecule has 122 valence electrons. The van der Waals surface area contributed by atoms with E-state index in [0.29, 0.717) is 5.57 Å². The molecule has 0 aliphatic heterocycles. The number of hydrogen-bond acceptors (Lipinski definition) is 8. The molecular formula is C13H22O8. The van der Waals surface area contributed by atoms with Gasteiger partial charge >= 0.3 is 12.1 Å². The Bertz CT molecular complexity index is 358. The Balaban J connectivity index is 3.69. The van der Waals surface area contributed by atoms with E-state index in [0.717, 1.165) is 0 Å². The Hall–Kier alpha value is -1.64. The lowest BCUT2D eigenvalue weighted by Gasteiger charge is -2.16. The van der Waals surface area contributed by atoms with Crippen LogP contribution in [0.25, 0.3) is 0 Å². The molecule has 0 aliphatic rings. The zero-order chi connectivity index (χ0) is 16.5. The lowest BCUT2D eigenvalue weighted by atomic mass is 10.2. The molecular weight excluding hydrogens is 284 g/mol. The van der Waals surface area contributed by atoms with Crippen molar-refractivity contribution >= 4 is 12.1 Å². The highest BCUT2D eigenvalue weighted by Crippen LogP contribution is 2.08. The molecule has 0 aromatic carbocycles. The van der Waals surface area contributed by atoms with Crippen molar-refractivity contribution in [3.8, 4) is 0 Å². The molecule has 0 amide bonds. The van der Waals surface area contributed by atoms with Crippen molar-refractivity contribution in [1.29, 1.82) is 0 Å². The average Bonchev–Trinajstić information content (AvgIpc) is 2.32. The van der Waals surface area contributed by atoms with E-state index in [1.807, 2.05) is 0 Å². The van der Waals surface area contributed by atoms with Gasteiger partial charge in [0.2, 0.25) is 6.29 Å². The molecule has 0 aromatic heterocycles. The summed E-state index contributed by atoms with van der Waals surface area (Å²) in [7, 11) is 0. The van der Waals surface area contributed by atoms with Crippen LogP contribution in [0.5, 0.6) is 0 Å². The average molecular weight is 306 g/mol. The molecule has 0 N–H and O–H groups in total.